The largest absolute Gasteiger partial charge is 0.643 e. The molecular formula is CH4BF3O3P-. The SMILES string of the molecule is CP(=O)(O)O[B-](F)(F)F. The molecule has 0 amide bonds. The van der Waals surface area contributed by atoms with E-state index in [-0.39, 0.29) is 0 Å². The first kappa shape index (κ1) is 9.00. The molecule has 0 aromatic carbocycles. The molecule has 0 aliphatic carbocycles. The van der Waals surface area contributed by atoms with Crippen LogP contribution in [-0.4, -0.2) is 18.7 Å². The van der Waals surface area contributed by atoms with Crippen molar-refractivity contribution in [3.63, 3.8) is 0 Å². The van der Waals surface area contributed by atoms with E-state index in [4.69, 9.17) is 4.89 Å². The van der Waals surface area contributed by atoms with Gasteiger partial charge in [-0.05, 0) is 0 Å². The lowest BCUT2D eigenvalue weighted by Crippen LogP contribution is -2.18. The van der Waals surface area contributed by atoms with Gasteiger partial charge in [-0.25, -0.2) is 0 Å². The van der Waals surface area contributed by atoms with Gasteiger partial charge in [-0.2, -0.15) is 0 Å². The maximum atomic E-state index is 11.1. The summed E-state index contributed by atoms with van der Waals surface area (Å²) in [6, 6.07) is 0. The van der Waals surface area contributed by atoms with Crippen molar-refractivity contribution >= 4 is 14.8 Å². The predicted molar refractivity (Wildman–Crippen MR) is 25.9 cm³/mol. The second-order valence-electron chi connectivity index (χ2n) is 1.42. The highest BCUT2D eigenvalue weighted by Gasteiger charge is 2.31. The van der Waals surface area contributed by atoms with Crippen molar-refractivity contribution in [2.45, 2.75) is 0 Å². The summed E-state index contributed by atoms with van der Waals surface area (Å²) in [6.45, 7) is 0.474. The van der Waals surface area contributed by atoms with Gasteiger partial charge >= 0.3 is 7.18 Å². The van der Waals surface area contributed by atoms with E-state index in [1.807, 2.05) is 0 Å². The molecule has 1 N–H and O–H groups in total. The molecule has 0 saturated heterocycles. The van der Waals surface area contributed by atoms with Crippen molar-refractivity contribution < 1.29 is 26.8 Å². The highest BCUT2D eigenvalue weighted by Crippen LogP contribution is 2.41. The topological polar surface area (TPSA) is 46.5 Å². The number of hydrogen-bond acceptors (Lipinski definition) is 2. The molecule has 0 fully saturated rings. The Kier molecular flexibility index (Phi) is 2.32. The van der Waals surface area contributed by atoms with Crippen LogP contribution in [0.2, 0.25) is 0 Å². The molecule has 0 radical (unpaired) electrons. The molecule has 0 saturated carbocycles. The first-order valence-electron chi connectivity index (χ1n) is 1.90. The molecule has 0 bridgehead atoms. The molecule has 9 heavy (non-hydrogen) atoms. The van der Waals surface area contributed by atoms with Gasteiger partial charge in [0.2, 0.25) is 0 Å². The summed E-state index contributed by atoms with van der Waals surface area (Å²) in [7, 11) is -9.99. The first-order chi connectivity index (χ1) is 3.71. The second kappa shape index (κ2) is 2.32. The lowest BCUT2D eigenvalue weighted by Gasteiger charge is -2.17. The monoisotopic (exact) mass is 163 g/mol. The van der Waals surface area contributed by atoms with E-state index in [0.717, 1.165) is 0 Å². The molecule has 3 nitrogen and oxygen atoms in total. The van der Waals surface area contributed by atoms with Gasteiger partial charge in [0.25, 0.3) is 7.60 Å². The quantitative estimate of drug-likeness (QED) is 0.490. The third kappa shape index (κ3) is 8.00. The summed E-state index contributed by atoms with van der Waals surface area (Å²) >= 11 is 0. The molecule has 0 spiro atoms. The van der Waals surface area contributed by atoms with E-state index < -0.39 is 14.8 Å². The van der Waals surface area contributed by atoms with Gasteiger partial charge in [0.05, 0.1) is 0 Å². The fourth-order valence-corrected chi connectivity index (χ4v) is 0.665. The Balaban J connectivity index is 3.90. The van der Waals surface area contributed by atoms with Crippen LogP contribution >= 0.6 is 7.60 Å². The van der Waals surface area contributed by atoms with E-state index >= 15 is 0 Å². The summed E-state index contributed by atoms with van der Waals surface area (Å²) in [5.41, 5.74) is 0. The van der Waals surface area contributed by atoms with Crippen LogP contribution < -0.4 is 0 Å². The Bertz CT molecular complexity index is 136. The molecule has 0 heterocycles. The van der Waals surface area contributed by atoms with Gasteiger partial charge < -0.3 is 22.3 Å². The number of halogens is 3. The highest BCUT2D eigenvalue weighted by atomic mass is 31.2. The van der Waals surface area contributed by atoms with Crippen molar-refractivity contribution in [1.82, 2.24) is 0 Å². The zero-order valence-electron chi connectivity index (χ0n) is 4.42. The van der Waals surface area contributed by atoms with Crippen molar-refractivity contribution in [2.75, 3.05) is 6.66 Å². The van der Waals surface area contributed by atoms with Crippen LogP contribution in [0.15, 0.2) is 0 Å². The minimum absolute atomic E-state index is 0.474. The van der Waals surface area contributed by atoms with Gasteiger partial charge in [-0.3, -0.25) is 4.57 Å². The Morgan fingerprint density at radius 3 is 1.89 bits per heavy atom. The third-order valence-corrected chi connectivity index (χ3v) is 0.945. The number of hydrogen-bond donors (Lipinski definition) is 1. The second-order valence-corrected chi connectivity index (χ2v) is 3.24. The van der Waals surface area contributed by atoms with E-state index in [1.54, 1.807) is 0 Å². The molecule has 0 rings (SSSR count). The highest BCUT2D eigenvalue weighted by molar-refractivity contribution is 7.53. The van der Waals surface area contributed by atoms with E-state index in [1.165, 1.54) is 0 Å². The number of rotatable bonds is 2. The molecule has 0 aromatic rings. The normalized spacial score (nSPS) is 19.2. The van der Waals surface area contributed by atoms with E-state index in [2.05, 4.69) is 4.44 Å². The summed E-state index contributed by atoms with van der Waals surface area (Å²) < 4.78 is 45.8. The summed E-state index contributed by atoms with van der Waals surface area (Å²) in [4.78, 5) is 7.98. The Morgan fingerprint density at radius 1 is 1.56 bits per heavy atom. The van der Waals surface area contributed by atoms with Gasteiger partial charge in [-0.1, -0.05) is 0 Å². The van der Waals surface area contributed by atoms with Crippen LogP contribution in [0, 0.1) is 0 Å². The molecular weight excluding hydrogens is 159 g/mol. The molecule has 0 aliphatic heterocycles. The molecule has 8 heteroatoms. The summed E-state index contributed by atoms with van der Waals surface area (Å²) in [5, 5.41) is 0. The van der Waals surface area contributed by atoms with E-state index in [0.29, 0.717) is 6.66 Å². The maximum Gasteiger partial charge on any atom is 0.643 e. The Labute approximate surface area is 49.4 Å². The fourth-order valence-electron chi connectivity index (χ4n) is 0.222. The van der Waals surface area contributed by atoms with Gasteiger partial charge in [0.15, 0.2) is 0 Å². The average Bonchev–Trinajstić information content (AvgIpc) is 1.14. The maximum absolute atomic E-state index is 11.1. The van der Waals surface area contributed by atoms with Crippen LogP contribution in [0.25, 0.3) is 0 Å². The average molecular weight is 163 g/mol. The van der Waals surface area contributed by atoms with Crippen LogP contribution in [0.4, 0.5) is 12.9 Å². The van der Waals surface area contributed by atoms with E-state index in [9.17, 15) is 17.5 Å². The third-order valence-electron chi connectivity index (χ3n) is 0.315. The summed E-state index contributed by atoms with van der Waals surface area (Å²) in [6.07, 6.45) is 0. The minimum atomic E-state index is -5.60. The van der Waals surface area contributed by atoms with Gasteiger partial charge in [0, 0.05) is 6.66 Å². The first-order valence-corrected chi connectivity index (χ1v) is 3.93. The van der Waals surface area contributed by atoms with Crippen LogP contribution in [0.1, 0.15) is 0 Å². The fraction of sp³-hybridized carbons (Fsp3) is 1.00. The minimum Gasteiger partial charge on any atom is -0.439 e. The zero-order valence-corrected chi connectivity index (χ0v) is 5.32. The molecule has 1 atom stereocenters. The van der Waals surface area contributed by atoms with Crippen molar-refractivity contribution in [3.05, 3.63) is 0 Å². The van der Waals surface area contributed by atoms with Crippen molar-refractivity contribution in [3.8, 4) is 0 Å². The molecule has 0 aromatic heterocycles. The van der Waals surface area contributed by atoms with Crippen LogP contribution in [0.5, 0.6) is 0 Å². The van der Waals surface area contributed by atoms with Crippen molar-refractivity contribution in [1.29, 1.82) is 0 Å². The molecule has 1 unspecified atom stereocenters. The van der Waals surface area contributed by atoms with Gasteiger partial charge in [0.1, 0.15) is 0 Å². The van der Waals surface area contributed by atoms with Crippen LogP contribution in [-0.2, 0) is 9.01 Å². The van der Waals surface area contributed by atoms with Crippen molar-refractivity contribution in [2.24, 2.45) is 0 Å². The lowest BCUT2D eigenvalue weighted by molar-refractivity contribution is 0.268. The zero-order chi connectivity index (χ0) is 7.71. The predicted octanol–water partition coefficient (Wildman–Crippen LogP) is 1.16. The lowest BCUT2D eigenvalue weighted by atomic mass is 10.3. The van der Waals surface area contributed by atoms with Gasteiger partial charge in [-0.15, -0.1) is 0 Å². The Hall–Kier alpha value is 0.00494. The molecule has 56 valence electrons. The van der Waals surface area contributed by atoms with Crippen LogP contribution in [0.3, 0.4) is 0 Å². The molecule has 0 aliphatic rings. The summed E-state index contributed by atoms with van der Waals surface area (Å²) in [5.74, 6) is 0. The Morgan fingerprint density at radius 2 is 1.89 bits per heavy atom. The smallest absolute Gasteiger partial charge is 0.439 e. The standard InChI is InChI=1S/CH4BF3O3P/c1-9(6,7)8-2(3,4)5/h1H3,(H,6,7)/q-1.